The van der Waals surface area contributed by atoms with E-state index in [1.807, 2.05) is 13.8 Å². The maximum atomic E-state index is 12.8. The van der Waals surface area contributed by atoms with E-state index in [9.17, 15) is 13.2 Å². The molecule has 0 unspecified atom stereocenters. The molecule has 1 aromatic rings. The molecule has 1 aromatic carbocycles. The van der Waals surface area contributed by atoms with Crippen molar-refractivity contribution in [2.75, 3.05) is 0 Å². The van der Waals surface area contributed by atoms with Crippen LogP contribution >= 0.6 is 11.8 Å². The fourth-order valence-corrected chi connectivity index (χ4v) is 2.24. The van der Waals surface area contributed by atoms with Gasteiger partial charge < -0.3 is 5.73 Å². The van der Waals surface area contributed by atoms with Gasteiger partial charge in [0.05, 0.1) is 5.56 Å². The molecule has 0 heterocycles. The Balaban J connectivity index is 3.17. The molecule has 1 nitrogen and oxygen atoms in total. The molecule has 0 saturated heterocycles. The Kier molecular flexibility index (Phi) is 4.27. The summed E-state index contributed by atoms with van der Waals surface area (Å²) in [4.78, 5) is 0.264. The summed E-state index contributed by atoms with van der Waals surface area (Å²) in [6.45, 7) is 3.85. The van der Waals surface area contributed by atoms with Gasteiger partial charge in [-0.25, -0.2) is 0 Å². The number of alkyl halides is 3. The Morgan fingerprint density at radius 2 is 1.94 bits per heavy atom. The van der Waals surface area contributed by atoms with E-state index in [4.69, 9.17) is 5.73 Å². The predicted molar refractivity (Wildman–Crippen MR) is 60.3 cm³/mol. The average Bonchev–Trinajstić information content (AvgIpc) is 2.15. The van der Waals surface area contributed by atoms with Crippen LogP contribution in [-0.2, 0) is 12.7 Å². The molecule has 0 bridgehead atoms. The van der Waals surface area contributed by atoms with Crippen LogP contribution in [-0.4, -0.2) is 5.25 Å². The third-order valence-corrected chi connectivity index (χ3v) is 3.03. The smallest absolute Gasteiger partial charge is 0.326 e. The number of hydrogen-bond acceptors (Lipinski definition) is 2. The van der Waals surface area contributed by atoms with Crippen LogP contribution in [0.2, 0.25) is 0 Å². The highest BCUT2D eigenvalue weighted by Crippen LogP contribution is 2.38. The second-order valence-electron chi connectivity index (χ2n) is 3.70. The van der Waals surface area contributed by atoms with Crippen molar-refractivity contribution in [2.24, 2.45) is 5.73 Å². The minimum atomic E-state index is -4.32. The first-order valence-electron chi connectivity index (χ1n) is 4.91. The van der Waals surface area contributed by atoms with Gasteiger partial charge in [0.2, 0.25) is 0 Å². The Morgan fingerprint density at radius 3 is 2.38 bits per heavy atom. The van der Waals surface area contributed by atoms with Crippen molar-refractivity contribution < 1.29 is 13.2 Å². The molecule has 1 rings (SSSR count). The molecular weight excluding hydrogens is 235 g/mol. The van der Waals surface area contributed by atoms with Crippen LogP contribution in [0.25, 0.3) is 0 Å². The number of hydrogen-bond donors (Lipinski definition) is 1. The minimum Gasteiger partial charge on any atom is -0.326 e. The molecule has 0 aliphatic rings. The normalized spacial score (nSPS) is 12.2. The number of nitrogens with two attached hydrogens (primary N) is 1. The zero-order valence-electron chi connectivity index (χ0n) is 9.14. The van der Waals surface area contributed by atoms with Gasteiger partial charge in [-0.15, -0.1) is 11.8 Å². The Morgan fingerprint density at radius 1 is 1.31 bits per heavy atom. The number of rotatable bonds is 3. The fraction of sp³-hybridized carbons (Fsp3) is 0.455. The van der Waals surface area contributed by atoms with E-state index in [1.54, 1.807) is 6.07 Å². The van der Waals surface area contributed by atoms with E-state index in [2.05, 4.69) is 0 Å². The third-order valence-electron chi connectivity index (χ3n) is 1.95. The second-order valence-corrected chi connectivity index (χ2v) is 5.32. The highest BCUT2D eigenvalue weighted by Gasteiger charge is 2.33. The first-order chi connectivity index (χ1) is 7.34. The predicted octanol–water partition coefficient (Wildman–Crippen LogP) is 3.66. The van der Waals surface area contributed by atoms with E-state index in [0.29, 0.717) is 5.56 Å². The topological polar surface area (TPSA) is 26.0 Å². The fourth-order valence-electron chi connectivity index (χ4n) is 1.28. The lowest BCUT2D eigenvalue weighted by Gasteiger charge is -2.15. The molecule has 0 saturated carbocycles. The van der Waals surface area contributed by atoms with Crippen LogP contribution < -0.4 is 5.73 Å². The highest BCUT2D eigenvalue weighted by molar-refractivity contribution is 8.00. The zero-order chi connectivity index (χ0) is 12.3. The first-order valence-corrected chi connectivity index (χ1v) is 5.79. The molecule has 0 spiro atoms. The van der Waals surface area contributed by atoms with Gasteiger partial charge in [-0.2, -0.15) is 13.2 Å². The molecular formula is C11H14F3NS. The summed E-state index contributed by atoms with van der Waals surface area (Å²) >= 11 is 1.21. The molecule has 0 amide bonds. The lowest BCUT2D eigenvalue weighted by Crippen LogP contribution is -2.09. The quantitative estimate of drug-likeness (QED) is 0.827. The molecule has 0 fully saturated rings. The zero-order valence-corrected chi connectivity index (χ0v) is 9.95. The molecule has 5 heteroatoms. The summed E-state index contributed by atoms with van der Waals surface area (Å²) < 4.78 is 38.3. The number of halogens is 3. The van der Waals surface area contributed by atoms with Crippen molar-refractivity contribution in [2.45, 2.75) is 36.7 Å². The Hall–Kier alpha value is -0.680. The Bertz CT molecular complexity index is 361. The van der Waals surface area contributed by atoms with Gasteiger partial charge in [0.1, 0.15) is 0 Å². The molecule has 16 heavy (non-hydrogen) atoms. The molecule has 0 aliphatic heterocycles. The van der Waals surface area contributed by atoms with E-state index >= 15 is 0 Å². The van der Waals surface area contributed by atoms with Crippen LogP contribution in [0.15, 0.2) is 23.1 Å². The van der Waals surface area contributed by atoms with Gasteiger partial charge in [0.25, 0.3) is 0 Å². The lowest BCUT2D eigenvalue weighted by atomic mass is 10.1. The second kappa shape index (κ2) is 5.10. The van der Waals surface area contributed by atoms with Crippen LogP contribution in [0, 0.1) is 0 Å². The largest absolute Gasteiger partial charge is 0.417 e. The molecule has 90 valence electrons. The summed E-state index contributed by atoms with van der Waals surface area (Å²) in [5.74, 6) is 0. The minimum absolute atomic E-state index is 0.116. The summed E-state index contributed by atoms with van der Waals surface area (Å²) in [6.07, 6.45) is -4.32. The molecule has 2 N–H and O–H groups in total. The van der Waals surface area contributed by atoms with Crippen molar-refractivity contribution in [3.8, 4) is 0 Å². The summed E-state index contributed by atoms with van der Waals surface area (Å²) in [5.41, 5.74) is 5.25. The SMILES string of the molecule is CC(C)Sc1ccc(CN)cc1C(F)(F)F. The van der Waals surface area contributed by atoms with Crippen LogP contribution in [0.5, 0.6) is 0 Å². The number of thioether (sulfide) groups is 1. The van der Waals surface area contributed by atoms with Gasteiger partial charge in [-0.1, -0.05) is 19.9 Å². The lowest BCUT2D eigenvalue weighted by molar-refractivity contribution is -0.139. The molecule has 0 aliphatic carbocycles. The van der Waals surface area contributed by atoms with E-state index < -0.39 is 11.7 Å². The highest BCUT2D eigenvalue weighted by atomic mass is 32.2. The van der Waals surface area contributed by atoms with Crippen LogP contribution in [0.1, 0.15) is 25.0 Å². The van der Waals surface area contributed by atoms with Crippen molar-refractivity contribution in [3.05, 3.63) is 29.3 Å². The summed E-state index contributed by atoms with van der Waals surface area (Å²) in [7, 11) is 0. The van der Waals surface area contributed by atoms with Gasteiger partial charge >= 0.3 is 6.18 Å². The van der Waals surface area contributed by atoms with E-state index in [1.165, 1.54) is 17.8 Å². The maximum absolute atomic E-state index is 12.8. The van der Waals surface area contributed by atoms with Crippen molar-refractivity contribution in [3.63, 3.8) is 0 Å². The standard InChI is InChI=1S/C11H14F3NS/c1-7(2)16-10-4-3-8(6-15)5-9(10)11(12,13)14/h3-5,7H,6,15H2,1-2H3. The molecule has 0 aromatic heterocycles. The van der Waals surface area contributed by atoms with Gasteiger partial charge in [-0.05, 0) is 17.7 Å². The summed E-state index contributed by atoms with van der Waals surface area (Å²) in [5, 5.41) is 0.116. The van der Waals surface area contributed by atoms with E-state index in [0.717, 1.165) is 6.07 Å². The number of benzene rings is 1. The monoisotopic (exact) mass is 249 g/mol. The van der Waals surface area contributed by atoms with Gasteiger partial charge in [0.15, 0.2) is 0 Å². The molecule has 0 radical (unpaired) electrons. The Labute approximate surface area is 97.2 Å². The van der Waals surface area contributed by atoms with E-state index in [-0.39, 0.29) is 16.7 Å². The van der Waals surface area contributed by atoms with Crippen molar-refractivity contribution in [1.29, 1.82) is 0 Å². The molecule has 0 atom stereocenters. The van der Waals surface area contributed by atoms with Crippen LogP contribution in [0.4, 0.5) is 13.2 Å². The van der Waals surface area contributed by atoms with Crippen LogP contribution in [0.3, 0.4) is 0 Å². The third kappa shape index (κ3) is 3.42. The van der Waals surface area contributed by atoms with Crippen molar-refractivity contribution in [1.82, 2.24) is 0 Å². The van der Waals surface area contributed by atoms with Crippen molar-refractivity contribution >= 4 is 11.8 Å². The maximum Gasteiger partial charge on any atom is 0.417 e. The summed E-state index contributed by atoms with van der Waals surface area (Å²) in [6, 6.07) is 4.26. The van der Waals surface area contributed by atoms with Gasteiger partial charge in [-0.3, -0.25) is 0 Å². The van der Waals surface area contributed by atoms with Gasteiger partial charge in [0, 0.05) is 16.7 Å². The average molecular weight is 249 g/mol. The first kappa shape index (κ1) is 13.4.